The van der Waals surface area contributed by atoms with Crippen molar-refractivity contribution < 1.29 is 61.3 Å². The molecule has 5 rings (SSSR count). The third-order valence-electron chi connectivity index (χ3n) is 5.63. The molecule has 4 saturated carbocycles. The van der Waals surface area contributed by atoms with Crippen molar-refractivity contribution in [2.75, 3.05) is 0 Å². The smallest absolute Gasteiger partial charge is 0.545 e. The summed E-state index contributed by atoms with van der Waals surface area (Å²) >= 11 is 0. The molecule has 0 N–H and O–H groups in total. The fourth-order valence-corrected chi connectivity index (χ4v) is 5.16. The van der Waals surface area contributed by atoms with E-state index in [4.69, 9.17) is 0 Å². The molecule has 0 heterocycles. The van der Waals surface area contributed by atoms with Gasteiger partial charge in [0, 0.05) is 11.0 Å². The van der Waals surface area contributed by atoms with Crippen LogP contribution < -0.4 is 56.5 Å². The summed E-state index contributed by atoms with van der Waals surface area (Å²) in [6.07, 6.45) is 8.14. The van der Waals surface area contributed by atoms with E-state index in [1.54, 1.807) is 24.3 Å². The van der Waals surface area contributed by atoms with Crippen LogP contribution in [0.1, 0.15) is 54.4 Å². The quantitative estimate of drug-likeness (QED) is 0.523. The fraction of sp³-hybridized carbons (Fsp3) is 0.526. The number of carboxylic acids is 1. The molecule has 1 aromatic carbocycles. The SMILES string of the molecule is O=C([O-])c1ccc(C#CC23CC4CC(CC(C4)C2)C3)cc1.[K+]. The first-order valence-corrected chi connectivity index (χ1v) is 7.96. The van der Waals surface area contributed by atoms with Gasteiger partial charge in [-0.05, 0) is 74.0 Å². The molecule has 1 aromatic rings. The van der Waals surface area contributed by atoms with Crippen LogP contribution in [0.5, 0.6) is 0 Å². The molecule has 0 unspecified atom stereocenters. The molecule has 0 aromatic heterocycles. The van der Waals surface area contributed by atoms with E-state index in [1.807, 2.05) is 0 Å². The number of carboxylic acid groups (broad SMARTS) is 1. The molecule has 108 valence electrons. The number of carbonyl (C=O) groups is 1. The predicted octanol–water partition coefficient (Wildman–Crippen LogP) is -0.378. The molecule has 22 heavy (non-hydrogen) atoms. The van der Waals surface area contributed by atoms with Crippen molar-refractivity contribution in [3.05, 3.63) is 35.4 Å². The molecule has 0 aliphatic heterocycles. The molecular formula is C19H19KO2. The molecular weight excluding hydrogens is 299 g/mol. The summed E-state index contributed by atoms with van der Waals surface area (Å²) in [6, 6.07) is 6.75. The fourth-order valence-electron chi connectivity index (χ4n) is 5.16. The van der Waals surface area contributed by atoms with E-state index in [9.17, 15) is 9.90 Å². The Morgan fingerprint density at radius 1 is 1.00 bits per heavy atom. The maximum absolute atomic E-state index is 10.8. The number of carbonyl (C=O) groups excluding carboxylic acids is 1. The van der Waals surface area contributed by atoms with Gasteiger partial charge in [0.25, 0.3) is 0 Å². The first-order chi connectivity index (χ1) is 10.1. The van der Waals surface area contributed by atoms with Gasteiger partial charge in [-0.2, -0.15) is 0 Å². The number of rotatable bonds is 1. The van der Waals surface area contributed by atoms with Gasteiger partial charge < -0.3 is 9.90 Å². The number of aromatic carboxylic acids is 1. The summed E-state index contributed by atoms with van der Waals surface area (Å²) in [7, 11) is 0. The monoisotopic (exact) mass is 318 g/mol. The molecule has 2 nitrogen and oxygen atoms in total. The third-order valence-corrected chi connectivity index (χ3v) is 5.63. The maximum atomic E-state index is 10.8. The second kappa shape index (κ2) is 6.41. The average Bonchev–Trinajstić information content (AvgIpc) is 2.44. The zero-order chi connectivity index (χ0) is 14.4. The first-order valence-electron chi connectivity index (χ1n) is 7.96. The molecule has 4 fully saturated rings. The summed E-state index contributed by atoms with van der Waals surface area (Å²) in [5, 5.41) is 10.8. The molecule has 0 atom stereocenters. The van der Waals surface area contributed by atoms with Crippen LogP contribution in [0.15, 0.2) is 24.3 Å². The van der Waals surface area contributed by atoms with Crippen LogP contribution in [-0.2, 0) is 0 Å². The summed E-state index contributed by atoms with van der Waals surface area (Å²) in [6.45, 7) is 0. The van der Waals surface area contributed by atoms with Gasteiger partial charge in [0.2, 0.25) is 0 Å². The van der Waals surface area contributed by atoms with E-state index in [-0.39, 0.29) is 62.4 Å². The number of hydrogen-bond acceptors (Lipinski definition) is 2. The Morgan fingerprint density at radius 2 is 1.50 bits per heavy atom. The number of hydrogen-bond donors (Lipinski definition) is 0. The Kier molecular flexibility index (Phi) is 4.88. The van der Waals surface area contributed by atoms with Gasteiger partial charge in [-0.1, -0.05) is 24.0 Å². The van der Waals surface area contributed by atoms with E-state index in [1.165, 1.54) is 38.5 Å². The molecule has 0 radical (unpaired) electrons. The molecule has 4 aliphatic rings. The van der Waals surface area contributed by atoms with Crippen molar-refractivity contribution >= 4 is 5.97 Å². The van der Waals surface area contributed by atoms with E-state index >= 15 is 0 Å². The largest absolute Gasteiger partial charge is 1.00 e. The standard InChI is InChI=1S/C19H20O2.K/c20-18(21)17-3-1-13(2-4-17)5-6-19-10-14-7-15(11-19)9-16(8-14)12-19;/h1-4,14-16H,7-12H2,(H,20,21);/q;+1/p-1. The van der Waals surface area contributed by atoms with Gasteiger partial charge in [-0.15, -0.1) is 0 Å². The second-order valence-electron chi connectivity index (χ2n) is 7.31. The van der Waals surface area contributed by atoms with Crippen LogP contribution in [0.2, 0.25) is 0 Å². The molecule has 0 amide bonds. The zero-order valence-corrected chi connectivity index (χ0v) is 16.2. The molecule has 0 saturated heterocycles. The molecule has 0 spiro atoms. The average molecular weight is 318 g/mol. The predicted molar refractivity (Wildman–Crippen MR) is 78.3 cm³/mol. The van der Waals surface area contributed by atoms with E-state index in [0.29, 0.717) is 0 Å². The van der Waals surface area contributed by atoms with Gasteiger partial charge in [0.15, 0.2) is 0 Å². The van der Waals surface area contributed by atoms with Crippen molar-refractivity contribution in [2.45, 2.75) is 38.5 Å². The van der Waals surface area contributed by atoms with Gasteiger partial charge in [-0.25, -0.2) is 0 Å². The van der Waals surface area contributed by atoms with Crippen molar-refractivity contribution in [1.82, 2.24) is 0 Å². The minimum Gasteiger partial charge on any atom is -0.545 e. The van der Waals surface area contributed by atoms with Crippen LogP contribution in [0.3, 0.4) is 0 Å². The first kappa shape index (κ1) is 16.7. The normalized spacial score (nSPS) is 34.5. The minimum absolute atomic E-state index is 0. The van der Waals surface area contributed by atoms with Crippen LogP contribution in [0, 0.1) is 35.0 Å². The summed E-state index contributed by atoms with van der Waals surface area (Å²) in [5.41, 5.74) is 1.38. The summed E-state index contributed by atoms with van der Waals surface area (Å²) < 4.78 is 0. The van der Waals surface area contributed by atoms with Gasteiger partial charge >= 0.3 is 51.4 Å². The van der Waals surface area contributed by atoms with Gasteiger partial charge in [0.1, 0.15) is 0 Å². The van der Waals surface area contributed by atoms with Gasteiger partial charge in [-0.3, -0.25) is 0 Å². The van der Waals surface area contributed by atoms with E-state index in [2.05, 4.69) is 11.8 Å². The Balaban J connectivity index is 0.00000144. The van der Waals surface area contributed by atoms with Crippen LogP contribution in [0.4, 0.5) is 0 Å². The van der Waals surface area contributed by atoms with E-state index in [0.717, 1.165) is 23.3 Å². The Hall–Kier alpha value is -0.114. The molecule has 4 bridgehead atoms. The Bertz CT molecular complexity index is 600. The topological polar surface area (TPSA) is 40.1 Å². The third kappa shape index (κ3) is 3.23. The van der Waals surface area contributed by atoms with Crippen molar-refractivity contribution in [3.63, 3.8) is 0 Å². The maximum Gasteiger partial charge on any atom is 1.00 e. The van der Waals surface area contributed by atoms with Crippen LogP contribution in [0.25, 0.3) is 0 Å². The zero-order valence-electron chi connectivity index (χ0n) is 13.1. The molecule has 3 heteroatoms. The van der Waals surface area contributed by atoms with E-state index < -0.39 is 5.97 Å². The van der Waals surface area contributed by atoms with Crippen molar-refractivity contribution in [3.8, 4) is 11.8 Å². The van der Waals surface area contributed by atoms with Crippen LogP contribution in [-0.4, -0.2) is 5.97 Å². The number of benzene rings is 1. The van der Waals surface area contributed by atoms with Gasteiger partial charge in [0.05, 0.1) is 5.97 Å². The van der Waals surface area contributed by atoms with Crippen LogP contribution >= 0.6 is 0 Å². The second-order valence-corrected chi connectivity index (χ2v) is 7.31. The van der Waals surface area contributed by atoms with Crippen molar-refractivity contribution in [1.29, 1.82) is 0 Å². The summed E-state index contributed by atoms with van der Waals surface area (Å²) in [5.74, 6) is 8.48. The minimum atomic E-state index is -1.13. The molecule has 4 aliphatic carbocycles. The Labute approximate surface area is 174 Å². The van der Waals surface area contributed by atoms with Crippen molar-refractivity contribution in [2.24, 2.45) is 23.2 Å². The Morgan fingerprint density at radius 3 is 1.95 bits per heavy atom. The summed E-state index contributed by atoms with van der Waals surface area (Å²) in [4.78, 5) is 10.8.